The highest BCUT2D eigenvalue weighted by Gasteiger charge is 2.16. The van der Waals surface area contributed by atoms with E-state index in [0.717, 1.165) is 19.3 Å². The Hall–Kier alpha value is -0.180. The molecule has 68 valence electrons. The molecule has 0 aliphatic heterocycles. The Morgan fingerprint density at radius 1 is 1.27 bits per heavy atom. The molecule has 0 radical (unpaired) electrons. The molecule has 0 heterocycles. The number of nitrogens with one attached hydrogen (secondary N) is 1. The summed E-state index contributed by atoms with van der Waals surface area (Å²) < 4.78 is 24.1. The lowest BCUT2D eigenvalue weighted by molar-refractivity contribution is 0.0966. The van der Waals surface area contributed by atoms with Gasteiger partial charge in [0, 0.05) is 0 Å². The van der Waals surface area contributed by atoms with E-state index in [0.29, 0.717) is 6.42 Å². The molecule has 0 aromatic heterocycles. The summed E-state index contributed by atoms with van der Waals surface area (Å²) in [6.45, 7) is 2.07. The van der Waals surface area contributed by atoms with E-state index in [-0.39, 0.29) is 0 Å². The average molecular weight is 165 g/mol. The van der Waals surface area contributed by atoms with Crippen LogP contribution in [0.15, 0.2) is 0 Å². The van der Waals surface area contributed by atoms with Gasteiger partial charge in [0.15, 0.2) is 0 Å². The molecule has 1 atom stereocenters. The van der Waals surface area contributed by atoms with E-state index in [1.54, 1.807) is 7.05 Å². The van der Waals surface area contributed by atoms with Crippen LogP contribution in [-0.2, 0) is 0 Å². The molecule has 3 heteroatoms. The largest absolute Gasteiger partial charge is 0.312 e. The molecule has 0 aromatic carbocycles. The first-order valence-electron chi connectivity index (χ1n) is 4.17. The summed E-state index contributed by atoms with van der Waals surface area (Å²) in [6.07, 6.45) is 1.38. The van der Waals surface area contributed by atoms with Crippen LogP contribution < -0.4 is 5.32 Å². The quantitative estimate of drug-likeness (QED) is 0.596. The van der Waals surface area contributed by atoms with Crippen LogP contribution in [0.3, 0.4) is 0 Å². The summed E-state index contributed by atoms with van der Waals surface area (Å²) >= 11 is 0. The highest BCUT2D eigenvalue weighted by Crippen LogP contribution is 2.09. The molecule has 1 unspecified atom stereocenters. The Morgan fingerprint density at radius 3 is 2.27 bits per heavy atom. The lowest BCUT2D eigenvalue weighted by Gasteiger charge is -2.13. The summed E-state index contributed by atoms with van der Waals surface area (Å²) in [4.78, 5) is 0. The van der Waals surface area contributed by atoms with Gasteiger partial charge in [-0.05, 0) is 13.5 Å². The zero-order valence-corrected chi connectivity index (χ0v) is 7.24. The average Bonchev–Trinajstić information content (AvgIpc) is 1.97. The second-order valence-electron chi connectivity index (χ2n) is 2.73. The highest BCUT2D eigenvalue weighted by molar-refractivity contribution is 4.66. The Morgan fingerprint density at radius 2 is 1.91 bits per heavy atom. The lowest BCUT2D eigenvalue weighted by Crippen LogP contribution is -2.32. The van der Waals surface area contributed by atoms with Crippen molar-refractivity contribution in [3.8, 4) is 0 Å². The van der Waals surface area contributed by atoms with Crippen molar-refractivity contribution in [1.29, 1.82) is 0 Å². The molecule has 1 N–H and O–H groups in total. The summed E-state index contributed by atoms with van der Waals surface area (Å²) in [7, 11) is 1.59. The standard InChI is InChI=1S/C8H17F2N/c1-3-4-5-6-7(11-2)8(9)10/h7-8,11H,3-6H2,1-2H3. The van der Waals surface area contributed by atoms with Crippen LogP contribution in [0.1, 0.15) is 32.6 Å². The second-order valence-corrected chi connectivity index (χ2v) is 2.73. The highest BCUT2D eigenvalue weighted by atomic mass is 19.3. The predicted octanol–water partition coefficient (Wildman–Crippen LogP) is 2.42. The van der Waals surface area contributed by atoms with Gasteiger partial charge in [-0.15, -0.1) is 0 Å². The van der Waals surface area contributed by atoms with E-state index in [1.165, 1.54) is 0 Å². The van der Waals surface area contributed by atoms with Gasteiger partial charge < -0.3 is 5.32 Å². The smallest absolute Gasteiger partial charge is 0.253 e. The molecular formula is C8H17F2N. The van der Waals surface area contributed by atoms with E-state index in [1.807, 2.05) is 0 Å². The van der Waals surface area contributed by atoms with Crippen molar-refractivity contribution in [2.75, 3.05) is 7.05 Å². The minimum atomic E-state index is -2.23. The van der Waals surface area contributed by atoms with Crippen molar-refractivity contribution < 1.29 is 8.78 Å². The molecule has 0 rings (SSSR count). The maximum absolute atomic E-state index is 12.1. The van der Waals surface area contributed by atoms with Gasteiger partial charge in [0.2, 0.25) is 0 Å². The summed E-state index contributed by atoms with van der Waals surface area (Å²) in [6, 6.07) is -0.610. The van der Waals surface area contributed by atoms with Gasteiger partial charge in [-0.3, -0.25) is 0 Å². The molecule has 0 saturated carbocycles. The third-order valence-corrected chi connectivity index (χ3v) is 1.79. The number of alkyl halides is 2. The number of hydrogen-bond donors (Lipinski definition) is 1. The fourth-order valence-electron chi connectivity index (χ4n) is 1.01. The van der Waals surface area contributed by atoms with Gasteiger partial charge in [-0.1, -0.05) is 26.2 Å². The molecule has 11 heavy (non-hydrogen) atoms. The maximum atomic E-state index is 12.1. The molecule has 0 amide bonds. The van der Waals surface area contributed by atoms with Crippen molar-refractivity contribution in [3.05, 3.63) is 0 Å². The van der Waals surface area contributed by atoms with E-state index in [4.69, 9.17) is 0 Å². The summed E-state index contributed by atoms with van der Waals surface area (Å²) in [5.41, 5.74) is 0. The van der Waals surface area contributed by atoms with Crippen molar-refractivity contribution >= 4 is 0 Å². The van der Waals surface area contributed by atoms with Crippen molar-refractivity contribution in [1.82, 2.24) is 5.32 Å². The number of unbranched alkanes of at least 4 members (excludes halogenated alkanes) is 2. The van der Waals surface area contributed by atoms with Gasteiger partial charge in [0.1, 0.15) is 0 Å². The first-order chi connectivity index (χ1) is 5.22. The van der Waals surface area contributed by atoms with Crippen molar-refractivity contribution in [2.45, 2.75) is 45.1 Å². The normalized spacial score (nSPS) is 13.9. The Bertz CT molecular complexity index is 86.2. The minimum absolute atomic E-state index is 0.585. The Labute approximate surface area is 67.2 Å². The fraction of sp³-hybridized carbons (Fsp3) is 1.00. The van der Waals surface area contributed by atoms with Crippen LogP contribution in [0.2, 0.25) is 0 Å². The summed E-state index contributed by atoms with van der Waals surface area (Å²) in [5, 5.41) is 2.61. The predicted molar refractivity (Wildman–Crippen MR) is 43.0 cm³/mol. The third kappa shape index (κ3) is 5.13. The first-order valence-corrected chi connectivity index (χ1v) is 4.17. The third-order valence-electron chi connectivity index (χ3n) is 1.79. The van der Waals surface area contributed by atoms with Gasteiger partial charge in [0.05, 0.1) is 6.04 Å². The molecule has 0 aliphatic carbocycles. The van der Waals surface area contributed by atoms with Crippen LogP contribution in [0.25, 0.3) is 0 Å². The Kier molecular flexibility index (Phi) is 6.42. The molecule has 0 aliphatic rings. The van der Waals surface area contributed by atoms with Crippen molar-refractivity contribution in [2.24, 2.45) is 0 Å². The van der Waals surface area contributed by atoms with Crippen LogP contribution >= 0.6 is 0 Å². The van der Waals surface area contributed by atoms with Gasteiger partial charge >= 0.3 is 0 Å². The van der Waals surface area contributed by atoms with Crippen LogP contribution in [-0.4, -0.2) is 19.5 Å². The Balaban J connectivity index is 3.36. The van der Waals surface area contributed by atoms with Gasteiger partial charge in [-0.25, -0.2) is 8.78 Å². The molecular weight excluding hydrogens is 148 g/mol. The molecule has 0 saturated heterocycles. The van der Waals surface area contributed by atoms with Crippen molar-refractivity contribution in [3.63, 3.8) is 0 Å². The number of halogens is 2. The minimum Gasteiger partial charge on any atom is -0.312 e. The molecule has 0 aromatic rings. The van der Waals surface area contributed by atoms with Gasteiger partial charge in [0.25, 0.3) is 6.43 Å². The maximum Gasteiger partial charge on any atom is 0.253 e. The van der Waals surface area contributed by atoms with Gasteiger partial charge in [-0.2, -0.15) is 0 Å². The fourth-order valence-corrected chi connectivity index (χ4v) is 1.01. The van der Waals surface area contributed by atoms with Crippen LogP contribution in [0.5, 0.6) is 0 Å². The van der Waals surface area contributed by atoms with E-state index in [2.05, 4.69) is 12.2 Å². The van der Waals surface area contributed by atoms with Crippen LogP contribution in [0, 0.1) is 0 Å². The van der Waals surface area contributed by atoms with E-state index in [9.17, 15) is 8.78 Å². The second kappa shape index (κ2) is 6.53. The number of rotatable bonds is 6. The van der Waals surface area contributed by atoms with E-state index < -0.39 is 12.5 Å². The molecule has 0 fully saturated rings. The lowest BCUT2D eigenvalue weighted by atomic mass is 10.1. The first kappa shape index (κ1) is 10.8. The molecule has 1 nitrogen and oxygen atoms in total. The van der Waals surface area contributed by atoms with Crippen LogP contribution in [0.4, 0.5) is 8.78 Å². The topological polar surface area (TPSA) is 12.0 Å². The molecule has 0 bridgehead atoms. The zero-order chi connectivity index (χ0) is 8.69. The number of hydrogen-bond acceptors (Lipinski definition) is 1. The monoisotopic (exact) mass is 165 g/mol. The SMILES string of the molecule is CCCCCC(NC)C(F)F. The molecule has 0 spiro atoms. The van der Waals surface area contributed by atoms with E-state index >= 15 is 0 Å². The summed E-state index contributed by atoms with van der Waals surface area (Å²) in [5.74, 6) is 0. The zero-order valence-electron chi connectivity index (χ0n) is 7.24.